The largest absolute Gasteiger partial charge is 0.477 e. The lowest BCUT2D eigenvalue weighted by atomic mass is 10.1. The normalized spacial score (nSPS) is 20.7. The number of nitrogens with zero attached hydrogens (tertiary/aromatic N) is 2. The Bertz CT molecular complexity index is 987. The molecule has 1 atom stereocenters. The fourth-order valence-corrected chi connectivity index (χ4v) is 3.59. The summed E-state index contributed by atoms with van der Waals surface area (Å²) in [6.45, 7) is 0.501. The molecule has 1 unspecified atom stereocenters. The van der Waals surface area contributed by atoms with Gasteiger partial charge in [-0.3, -0.25) is 4.79 Å². The highest BCUT2D eigenvalue weighted by Crippen LogP contribution is 2.39. The minimum atomic E-state index is -1.44. The number of aromatic nitrogens is 1. The molecule has 1 saturated carbocycles. The number of alkyl halides is 1. The Labute approximate surface area is 152 Å². The Balaban J connectivity index is 1.98. The smallest absolute Gasteiger partial charge is 0.341 e. The number of pyridine rings is 1. The van der Waals surface area contributed by atoms with E-state index in [1.54, 1.807) is 0 Å². The van der Waals surface area contributed by atoms with Crippen molar-refractivity contribution in [2.24, 2.45) is 0 Å². The van der Waals surface area contributed by atoms with Gasteiger partial charge in [-0.15, -0.1) is 0 Å². The number of anilines is 1. The third-order valence-electron chi connectivity index (χ3n) is 5.01. The Morgan fingerprint density at radius 1 is 1.30 bits per heavy atom. The summed E-state index contributed by atoms with van der Waals surface area (Å²) in [5, 5.41) is 11.8. The molecule has 2 heterocycles. The van der Waals surface area contributed by atoms with Gasteiger partial charge in [0.15, 0.2) is 5.82 Å². The van der Waals surface area contributed by atoms with Gasteiger partial charge in [0.2, 0.25) is 5.43 Å². The third kappa shape index (κ3) is 3.05. The average Bonchev–Trinajstić information content (AvgIpc) is 3.44. The van der Waals surface area contributed by atoms with Crippen LogP contribution in [0.1, 0.15) is 29.2 Å². The van der Waals surface area contributed by atoms with Crippen LogP contribution in [0.5, 0.6) is 0 Å². The number of halogens is 3. The van der Waals surface area contributed by atoms with Crippen LogP contribution in [0.4, 0.5) is 18.9 Å². The first kappa shape index (κ1) is 17.8. The Morgan fingerprint density at radius 2 is 2.04 bits per heavy atom. The zero-order chi connectivity index (χ0) is 19.3. The first-order chi connectivity index (χ1) is 12.9. The highest BCUT2D eigenvalue weighted by molar-refractivity contribution is 5.94. The molecule has 2 aliphatic rings. The predicted octanol–water partition coefficient (Wildman–Crippen LogP) is 2.06. The third-order valence-corrected chi connectivity index (χ3v) is 5.01. The van der Waals surface area contributed by atoms with Crippen LogP contribution < -0.4 is 15.6 Å². The van der Waals surface area contributed by atoms with Gasteiger partial charge >= 0.3 is 5.97 Å². The van der Waals surface area contributed by atoms with E-state index in [0.717, 1.165) is 12.3 Å². The van der Waals surface area contributed by atoms with Crippen LogP contribution in [0.25, 0.3) is 10.9 Å². The molecule has 0 radical (unpaired) electrons. The van der Waals surface area contributed by atoms with Crippen LogP contribution in [0.3, 0.4) is 0 Å². The molecule has 1 aliphatic heterocycles. The summed E-state index contributed by atoms with van der Waals surface area (Å²) in [6.07, 6.45) is 1.26. The summed E-state index contributed by atoms with van der Waals surface area (Å²) in [5.74, 6) is -3.41. The molecular formula is C18H18F3N3O3. The van der Waals surface area contributed by atoms with Crippen molar-refractivity contribution in [3.8, 4) is 0 Å². The highest BCUT2D eigenvalue weighted by atomic mass is 19.1. The van der Waals surface area contributed by atoms with Gasteiger partial charge in [0.25, 0.3) is 0 Å². The number of carboxylic acids is 1. The quantitative estimate of drug-likeness (QED) is 0.852. The molecule has 2 N–H and O–H groups in total. The Hall–Kier alpha value is -2.55. The first-order valence-corrected chi connectivity index (χ1v) is 8.78. The molecule has 1 aromatic carbocycles. The van der Waals surface area contributed by atoms with Gasteiger partial charge in [-0.1, -0.05) is 0 Å². The SMILES string of the molecule is O=C(O)c1cn(C2CC2)c2c(F)c(N3CCNCC(F)C3)c(F)cc2c1=O. The molecule has 144 valence electrons. The lowest BCUT2D eigenvalue weighted by Crippen LogP contribution is -2.32. The van der Waals surface area contributed by atoms with Crippen molar-refractivity contribution in [3.05, 3.63) is 39.7 Å². The summed E-state index contributed by atoms with van der Waals surface area (Å²) in [5.41, 5.74) is -1.97. The maximum atomic E-state index is 15.4. The summed E-state index contributed by atoms with van der Waals surface area (Å²) < 4.78 is 45.5. The maximum Gasteiger partial charge on any atom is 0.341 e. The molecular weight excluding hydrogens is 363 g/mol. The fraction of sp³-hybridized carbons (Fsp3) is 0.444. The second-order valence-corrected chi connectivity index (χ2v) is 6.98. The van der Waals surface area contributed by atoms with Crippen molar-refractivity contribution in [2.45, 2.75) is 25.1 Å². The number of aromatic carboxylic acids is 1. The molecule has 1 aliphatic carbocycles. The Morgan fingerprint density at radius 3 is 2.70 bits per heavy atom. The number of nitrogens with one attached hydrogen (secondary N) is 1. The predicted molar refractivity (Wildman–Crippen MR) is 93.3 cm³/mol. The van der Waals surface area contributed by atoms with E-state index >= 15 is 4.39 Å². The van der Waals surface area contributed by atoms with Crippen LogP contribution in [0, 0.1) is 11.6 Å². The fourth-order valence-electron chi connectivity index (χ4n) is 3.59. The van der Waals surface area contributed by atoms with Gasteiger partial charge in [0.1, 0.15) is 23.2 Å². The van der Waals surface area contributed by atoms with E-state index in [1.807, 2.05) is 0 Å². The van der Waals surface area contributed by atoms with Crippen molar-refractivity contribution in [3.63, 3.8) is 0 Å². The van der Waals surface area contributed by atoms with Crippen molar-refractivity contribution < 1.29 is 23.1 Å². The van der Waals surface area contributed by atoms with Crippen LogP contribution in [0.2, 0.25) is 0 Å². The molecule has 27 heavy (non-hydrogen) atoms. The van der Waals surface area contributed by atoms with E-state index < -0.39 is 34.8 Å². The van der Waals surface area contributed by atoms with Gasteiger partial charge in [-0.25, -0.2) is 18.0 Å². The topological polar surface area (TPSA) is 74.6 Å². The van der Waals surface area contributed by atoms with Crippen LogP contribution in [-0.2, 0) is 0 Å². The lowest BCUT2D eigenvalue weighted by Gasteiger charge is -2.25. The lowest BCUT2D eigenvalue weighted by molar-refractivity contribution is 0.0694. The zero-order valence-corrected chi connectivity index (χ0v) is 14.3. The molecule has 0 spiro atoms. The summed E-state index contributed by atoms with van der Waals surface area (Å²) in [4.78, 5) is 25.1. The molecule has 9 heteroatoms. The van der Waals surface area contributed by atoms with Gasteiger partial charge < -0.3 is 19.9 Å². The maximum absolute atomic E-state index is 15.4. The van der Waals surface area contributed by atoms with Crippen LogP contribution >= 0.6 is 0 Å². The molecule has 2 aromatic rings. The van der Waals surface area contributed by atoms with Crippen molar-refractivity contribution in [1.29, 1.82) is 0 Å². The van der Waals surface area contributed by atoms with Gasteiger partial charge in [-0.2, -0.15) is 0 Å². The molecule has 0 amide bonds. The highest BCUT2D eigenvalue weighted by Gasteiger charge is 2.31. The van der Waals surface area contributed by atoms with E-state index in [0.29, 0.717) is 19.4 Å². The zero-order valence-electron chi connectivity index (χ0n) is 14.3. The second-order valence-electron chi connectivity index (χ2n) is 6.98. The molecule has 2 fully saturated rings. The van der Waals surface area contributed by atoms with Crippen molar-refractivity contribution in [1.82, 2.24) is 9.88 Å². The number of hydrogen-bond acceptors (Lipinski definition) is 4. The minimum absolute atomic E-state index is 0.0993. The van der Waals surface area contributed by atoms with E-state index in [4.69, 9.17) is 0 Å². The van der Waals surface area contributed by atoms with Crippen molar-refractivity contribution >= 4 is 22.6 Å². The van der Waals surface area contributed by atoms with Crippen LogP contribution in [0.15, 0.2) is 17.1 Å². The van der Waals surface area contributed by atoms with Gasteiger partial charge in [0.05, 0.1) is 17.4 Å². The van der Waals surface area contributed by atoms with E-state index in [9.17, 15) is 23.5 Å². The molecule has 6 nitrogen and oxygen atoms in total. The standard InChI is InChI=1S/C18H18F3N3O3/c19-9-6-22-3-4-23(7-9)16-13(20)5-11-15(14(16)21)24(10-1-2-10)8-12(17(11)25)18(26)27/h5,8-10,22H,1-4,6-7H2,(H,26,27). The van der Waals surface area contributed by atoms with Crippen molar-refractivity contribution in [2.75, 3.05) is 31.1 Å². The van der Waals surface area contributed by atoms with Crippen LogP contribution in [-0.4, -0.2) is 48.0 Å². The molecule has 0 bridgehead atoms. The number of rotatable bonds is 3. The summed E-state index contributed by atoms with van der Waals surface area (Å²) in [7, 11) is 0. The van der Waals surface area contributed by atoms with E-state index in [-0.39, 0.29) is 42.3 Å². The second kappa shape index (κ2) is 6.56. The number of benzene rings is 1. The van der Waals surface area contributed by atoms with E-state index in [2.05, 4.69) is 5.32 Å². The first-order valence-electron chi connectivity index (χ1n) is 8.78. The van der Waals surface area contributed by atoms with Gasteiger partial charge in [-0.05, 0) is 18.9 Å². The number of hydrogen-bond donors (Lipinski definition) is 2. The summed E-state index contributed by atoms with van der Waals surface area (Å²) >= 11 is 0. The molecule has 1 aromatic heterocycles. The molecule has 4 rings (SSSR count). The Kier molecular flexibility index (Phi) is 4.33. The average molecular weight is 381 g/mol. The van der Waals surface area contributed by atoms with E-state index in [1.165, 1.54) is 9.47 Å². The molecule has 1 saturated heterocycles. The minimum Gasteiger partial charge on any atom is -0.477 e. The number of fused-ring (bicyclic) bond motifs is 1. The number of carboxylic acid groups (broad SMARTS) is 1. The van der Waals surface area contributed by atoms with Gasteiger partial charge in [0, 0.05) is 31.9 Å². The number of carbonyl (C=O) groups is 1. The monoisotopic (exact) mass is 381 g/mol. The summed E-state index contributed by atoms with van der Waals surface area (Å²) in [6, 6.07) is 0.728.